The third-order valence-corrected chi connectivity index (χ3v) is 3.52. The number of rotatable bonds is 4. The molecule has 22 heavy (non-hydrogen) atoms. The molecule has 1 atom stereocenters. The van der Waals surface area contributed by atoms with E-state index in [1.165, 1.54) is 6.07 Å². The van der Waals surface area contributed by atoms with E-state index >= 15 is 0 Å². The maximum atomic E-state index is 12.1. The Hall–Kier alpha value is -2.45. The minimum Gasteiger partial charge on any atom is -0.385 e. The fourth-order valence-electron chi connectivity index (χ4n) is 2.34. The van der Waals surface area contributed by atoms with Gasteiger partial charge in [0.2, 0.25) is 5.56 Å². The van der Waals surface area contributed by atoms with Crippen molar-refractivity contribution in [2.45, 2.75) is 19.1 Å². The summed E-state index contributed by atoms with van der Waals surface area (Å²) >= 11 is 0. The Morgan fingerprint density at radius 1 is 1.50 bits per heavy atom. The lowest BCUT2D eigenvalue weighted by Crippen LogP contribution is -2.30. The van der Waals surface area contributed by atoms with Crippen molar-refractivity contribution >= 4 is 5.91 Å². The molecule has 2 aromatic heterocycles. The molecule has 0 bridgehead atoms. The summed E-state index contributed by atoms with van der Waals surface area (Å²) in [7, 11) is 0. The lowest BCUT2D eigenvalue weighted by molar-refractivity contribution is 0.0890. The monoisotopic (exact) mass is 304 g/mol. The molecule has 0 aromatic carbocycles. The van der Waals surface area contributed by atoms with Crippen LogP contribution in [0.4, 0.5) is 0 Å². The number of nitrogens with zero attached hydrogens (tertiary/aromatic N) is 1. The largest absolute Gasteiger partial charge is 0.385 e. The zero-order valence-corrected chi connectivity index (χ0v) is 11.8. The molecule has 0 radical (unpaired) electrons. The molecule has 1 aliphatic rings. The Morgan fingerprint density at radius 2 is 2.36 bits per heavy atom. The first-order valence-electron chi connectivity index (χ1n) is 6.94. The second-order valence-corrected chi connectivity index (χ2v) is 5.03. The fraction of sp³-hybridized carbons (Fsp3) is 0.357. The fourth-order valence-corrected chi connectivity index (χ4v) is 2.34. The van der Waals surface area contributed by atoms with Crippen LogP contribution in [0.3, 0.4) is 0 Å². The number of fused-ring (bicyclic) bond motifs is 1. The van der Waals surface area contributed by atoms with Gasteiger partial charge < -0.3 is 20.1 Å². The maximum Gasteiger partial charge on any atom is 0.272 e. The minimum atomic E-state index is -0.996. The second kappa shape index (κ2) is 6.12. The lowest BCUT2D eigenvalue weighted by atomic mass is 10.1. The molecule has 116 valence electrons. The Balaban J connectivity index is 1.65. The Bertz CT molecular complexity index is 736. The van der Waals surface area contributed by atoms with Gasteiger partial charge in [0.15, 0.2) is 5.69 Å². The molecule has 3 heterocycles. The van der Waals surface area contributed by atoms with Gasteiger partial charge in [-0.2, -0.15) is 5.10 Å². The molecule has 0 saturated carbocycles. The zero-order valence-electron chi connectivity index (χ0n) is 11.8. The molecule has 1 amide bonds. The highest BCUT2D eigenvalue weighted by atomic mass is 16.5. The van der Waals surface area contributed by atoms with Crippen LogP contribution in [0.5, 0.6) is 0 Å². The average molecular weight is 304 g/mol. The number of carbonyl (C=O) groups excluding carboxylic acids is 1. The van der Waals surface area contributed by atoms with Gasteiger partial charge in [-0.25, -0.2) is 0 Å². The number of aromatic nitrogens is 3. The molecule has 8 heteroatoms. The number of hydrogen-bond acceptors (Lipinski definition) is 5. The van der Waals surface area contributed by atoms with Crippen LogP contribution >= 0.6 is 0 Å². The number of hydrogen-bond donors (Lipinski definition) is 4. The summed E-state index contributed by atoms with van der Waals surface area (Å²) in [6.45, 7) is 0.931. The van der Waals surface area contributed by atoms with E-state index in [2.05, 4.69) is 20.5 Å². The number of carbonyl (C=O) groups is 1. The predicted octanol–water partition coefficient (Wildman–Crippen LogP) is -0.366. The van der Waals surface area contributed by atoms with Crippen LogP contribution in [0.15, 0.2) is 23.0 Å². The van der Waals surface area contributed by atoms with Crippen LogP contribution in [0.1, 0.15) is 33.5 Å². The highest BCUT2D eigenvalue weighted by Crippen LogP contribution is 2.18. The SMILES string of the molecule is O=C(NCC(O)c1cccc(=O)[nH]1)c1n[nH]c2c1COCC2. The average Bonchev–Trinajstić information content (AvgIpc) is 2.96. The van der Waals surface area contributed by atoms with Crippen molar-refractivity contribution in [3.05, 3.63) is 51.2 Å². The predicted molar refractivity (Wildman–Crippen MR) is 76.3 cm³/mol. The van der Waals surface area contributed by atoms with E-state index in [-0.39, 0.29) is 23.7 Å². The highest BCUT2D eigenvalue weighted by Gasteiger charge is 2.22. The molecule has 0 spiro atoms. The van der Waals surface area contributed by atoms with Gasteiger partial charge >= 0.3 is 0 Å². The number of aromatic amines is 2. The number of pyridine rings is 1. The molecular formula is C14H16N4O4. The summed E-state index contributed by atoms with van der Waals surface area (Å²) in [6.07, 6.45) is -0.299. The van der Waals surface area contributed by atoms with E-state index in [0.717, 1.165) is 11.3 Å². The van der Waals surface area contributed by atoms with Gasteiger partial charge in [-0.1, -0.05) is 6.07 Å². The first kappa shape index (κ1) is 14.5. The summed E-state index contributed by atoms with van der Waals surface area (Å²) in [6, 6.07) is 4.48. The summed E-state index contributed by atoms with van der Waals surface area (Å²) in [5.41, 5.74) is 1.99. The molecule has 4 N–H and O–H groups in total. The smallest absolute Gasteiger partial charge is 0.272 e. The van der Waals surface area contributed by atoms with Crippen LogP contribution in [-0.4, -0.2) is 39.3 Å². The summed E-state index contributed by atoms with van der Waals surface area (Å²) < 4.78 is 5.32. The Labute approximate surface area is 125 Å². The van der Waals surface area contributed by atoms with Crippen molar-refractivity contribution in [3.63, 3.8) is 0 Å². The Kier molecular flexibility index (Phi) is 4.03. The molecular weight excluding hydrogens is 288 g/mol. The number of H-pyrrole nitrogens is 2. The van der Waals surface area contributed by atoms with Crippen molar-refractivity contribution in [1.29, 1.82) is 0 Å². The minimum absolute atomic E-state index is 0.0265. The number of amides is 1. The van der Waals surface area contributed by atoms with Gasteiger partial charge in [0, 0.05) is 36.0 Å². The number of aliphatic hydroxyl groups excluding tert-OH is 1. The van der Waals surface area contributed by atoms with E-state index in [1.807, 2.05) is 0 Å². The van der Waals surface area contributed by atoms with Gasteiger partial charge in [-0.3, -0.25) is 14.7 Å². The van der Waals surface area contributed by atoms with Gasteiger partial charge in [-0.15, -0.1) is 0 Å². The van der Waals surface area contributed by atoms with E-state index in [4.69, 9.17) is 4.74 Å². The third kappa shape index (κ3) is 2.92. The number of nitrogens with one attached hydrogen (secondary N) is 3. The zero-order chi connectivity index (χ0) is 15.5. The molecule has 0 fully saturated rings. The molecule has 0 aliphatic carbocycles. The van der Waals surface area contributed by atoms with E-state index in [0.29, 0.717) is 25.3 Å². The maximum absolute atomic E-state index is 12.1. The van der Waals surface area contributed by atoms with E-state index < -0.39 is 6.10 Å². The normalized spacial score (nSPS) is 15.1. The number of ether oxygens (including phenoxy) is 1. The third-order valence-electron chi connectivity index (χ3n) is 3.52. The number of aliphatic hydroxyl groups is 1. The summed E-state index contributed by atoms with van der Waals surface area (Å²) in [5.74, 6) is -0.389. The van der Waals surface area contributed by atoms with Gasteiger partial charge in [0.1, 0.15) is 6.10 Å². The van der Waals surface area contributed by atoms with Crippen molar-refractivity contribution in [1.82, 2.24) is 20.5 Å². The van der Waals surface area contributed by atoms with Crippen LogP contribution in [-0.2, 0) is 17.8 Å². The molecule has 0 saturated heterocycles. The lowest BCUT2D eigenvalue weighted by Gasteiger charge is -2.13. The first-order valence-corrected chi connectivity index (χ1v) is 6.94. The molecule has 3 rings (SSSR count). The Morgan fingerprint density at radius 3 is 3.18 bits per heavy atom. The van der Waals surface area contributed by atoms with E-state index in [9.17, 15) is 14.7 Å². The van der Waals surface area contributed by atoms with Crippen LogP contribution < -0.4 is 10.9 Å². The van der Waals surface area contributed by atoms with Crippen LogP contribution in [0.2, 0.25) is 0 Å². The van der Waals surface area contributed by atoms with Gasteiger partial charge in [0.05, 0.1) is 13.2 Å². The summed E-state index contributed by atoms with van der Waals surface area (Å²) in [5, 5.41) is 19.4. The first-order chi connectivity index (χ1) is 10.6. The molecule has 1 unspecified atom stereocenters. The van der Waals surface area contributed by atoms with Crippen molar-refractivity contribution < 1.29 is 14.6 Å². The van der Waals surface area contributed by atoms with Crippen LogP contribution in [0, 0.1) is 0 Å². The highest BCUT2D eigenvalue weighted by molar-refractivity contribution is 5.94. The molecule has 8 nitrogen and oxygen atoms in total. The van der Waals surface area contributed by atoms with Crippen molar-refractivity contribution in [2.75, 3.05) is 13.2 Å². The molecule has 1 aliphatic heterocycles. The van der Waals surface area contributed by atoms with Gasteiger partial charge in [-0.05, 0) is 6.07 Å². The standard InChI is InChI=1S/C14H16N4O4/c19-11(10-2-1-3-12(20)16-10)6-15-14(21)13-8-7-22-5-4-9(8)17-18-13/h1-3,11,19H,4-7H2,(H,15,21)(H,16,20)(H,17,18). The van der Waals surface area contributed by atoms with Crippen LogP contribution in [0.25, 0.3) is 0 Å². The van der Waals surface area contributed by atoms with E-state index in [1.54, 1.807) is 12.1 Å². The van der Waals surface area contributed by atoms with Gasteiger partial charge in [0.25, 0.3) is 5.91 Å². The topological polar surface area (TPSA) is 120 Å². The quantitative estimate of drug-likeness (QED) is 0.614. The van der Waals surface area contributed by atoms with Crippen molar-refractivity contribution in [3.8, 4) is 0 Å². The summed E-state index contributed by atoms with van der Waals surface area (Å²) in [4.78, 5) is 25.9. The second-order valence-electron chi connectivity index (χ2n) is 5.03. The molecule has 2 aromatic rings. The van der Waals surface area contributed by atoms with Crippen molar-refractivity contribution in [2.24, 2.45) is 0 Å².